The van der Waals surface area contributed by atoms with Crippen LogP contribution in [0, 0.1) is 6.92 Å². The van der Waals surface area contributed by atoms with Gasteiger partial charge in [-0.2, -0.15) is 0 Å². The van der Waals surface area contributed by atoms with Gasteiger partial charge in [-0.15, -0.1) is 10.2 Å². The predicted octanol–water partition coefficient (Wildman–Crippen LogP) is 5.19. The summed E-state index contributed by atoms with van der Waals surface area (Å²) in [5.41, 5.74) is 2.93. The molecule has 29 heavy (non-hydrogen) atoms. The maximum absolute atomic E-state index is 12.6. The normalized spacial score (nSPS) is 10.6. The van der Waals surface area contributed by atoms with Gasteiger partial charge in [0.2, 0.25) is 5.13 Å². The third kappa shape index (κ3) is 5.95. The van der Waals surface area contributed by atoms with E-state index in [1.807, 2.05) is 13.8 Å². The zero-order chi connectivity index (χ0) is 20.6. The van der Waals surface area contributed by atoms with Crippen LogP contribution in [0.1, 0.15) is 35.3 Å². The van der Waals surface area contributed by atoms with Crippen LogP contribution in [-0.2, 0) is 5.75 Å². The minimum absolute atomic E-state index is 0.264. The molecule has 1 aromatic heterocycles. The van der Waals surface area contributed by atoms with Gasteiger partial charge in [-0.05, 0) is 44.5 Å². The Morgan fingerprint density at radius 2 is 1.76 bits per heavy atom. The molecule has 0 aliphatic rings. The van der Waals surface area contributed by atoms with Crippen LogP contribution in [0.25, 0.3) is 0 Å². The van der Waals surface area contributed by atoms with E-state index in [-0.39, 0.29) is 5.91 Å². The average molecular weight is 430 g/mol. The van der Waals surface area contributed by atoms with E-state index in [1.54, 1.807) is 30.0 Å². The molecule has 152 valence electrons. The van der Waals surface area contributed by atoms with Gasteiger partial charge in [0.1, 0.15) is 0 Å². The van der Waals surface area contributed by atoms with Crippen LogP contribution in [0.4, 0.5) is 5.13 Å². The van der Waals surface area contributed by atoms with E-state index in [4.69, 9.17) is 9.47 Å². The van der Waals surface area contributed by atoms with Gasteiger partial charge < -0.3 is 9.47 Å². The first kappa shape index (κ1) is 21.1. The van der Waals surface area contributed by atoms with E-state index < -0.39 is 0 Å². The molecule has 1 N–H and O–H groups in total. The molecule has 0 aliphatic carbocycles. The van der Waals surface area contributed by atoms with Crippen molar-refractivity contribution in [3.05, 3.63) is 59.2 Å². The lowest BCUT2D eigenvalue weighted by Gasteiger charge is -2.12. The topological polar surface area (TPSA) is 73.3 Å². The first-order valence-electron chi connectivity index (χ1n) is 9.32. The number of thioether (sulfide) groups is 1. The highest BCUT2D eigenvalue weighted by Crippen LogP contribution is 2.30. The average Bonchev–Trinajstić information content (AvgIpc) is 3.16. The summed E-state index contributed by atoms with van der Waals surface area (Å²) in [6.07, 6.45) is 0. The standard InChI is InChI=1S/C21H23N3O3S2/c1-4-26-17-11-10-16(12-18(17)27-5-2)19(25)22-20-23-24-21(29-20)28-13-15-8-6-14(3)7-9-15/h6-12H,4-5,13H2,1-3H3,(H,22,23,25). The van der Waals surface area contributed by atoms with Gasteiger partial charge >= 0.3 is 0 Å². The lowest BCUT2D eigenvalue weighted by molar-refractivity contribution is 0.102. The predicted molar refractivity (Wildman–Crippen MR) is 117 cm³/mol. The number of nitrogens with zero attached hydrogens (tertiary/aromatic N) is 2. The number of hydrogen-bond donors (Lipinski definition) is 1. The molecule has 0 saturated carbocycles. The Labute approximate surface area is 178 Å². The number of carbonyl (C=O) groups excluding carboxylic acids is 1. The zero-order valence-electron chi connectivity index (χ0n) is 16.6. The number of nitrogens with one attached hydrogen (secondary N) is 1. The maximum Gasteiger partial charge on any atom is 0.257 e. The molecule has 1 heterocycles. The van der Waals surface area contributed by atoms with Crippen molar-refractivity contribution in [1.29, 1.82) is 0 Å². The lowest BCUT2D eigenvalue weighted by Crippen LogP contribution is -2.12. The van der Waals surface area contributed by atoms with E-state index in [9.17, 15) is 4.79 Å². The smallest absolute Gasteiger partial charge is 0.257 e. The fourth-order valence-electron chi connectivity index (χ4n) is 2.51. The first-order chi connectivity index (χ1) is 14.1. The minimum atomic E-state index is -0.264. The van der Waals surface area contributed by atoms with Crippen LogP contribution < -0.4 is 14.8 Å². The van der Waals surface area contributed by atoms with E-state index in [0.29, 0.717) is 35.4 Å². The van der Waals surface area contributed by atoms with Crippen molar-refractivity contribution in [3.8, 4) is 11.5 Å². The van der Waals surface area contributed by atoms with E-state index >= 15 is 0 Å². The second kappa shape index (κ2) is 10.3. The molecule has 0 unspecified atom stereocenters. The Morgan fingerprint density at radius 1 is 1.03 bits per heavy atom. The Bertz CT molecular complexity index is 958. The van der Waals surface area contributed by atoms with Gasteiger partial charge in [0.25, 0.3) is 5.91 Å². The number of ether oxygens (including phenoxy) is 2. The maximum atomic E-state index is 12.6. The van der Waals surface area contributed by atoms with E-state index in [2.05, 4.69) is 46.7 Å². The molecule has 8 heteroatoms. The number of benzene rings is 2. The van der Waals surface area contributed by atoms with Crippen LogP contribution in [0.5, 0.6) is 11.5 Å². The highest BCUT2D eigenvalue weighted by atomic mass is 32.2. The third-order valence-electron chi connectivity index (χ3n) is 3.92. The number of rotatable bonds is 9. The summed E-state index contributed by atoms with van der Waals surface area (Å²) in [5, 5.41) is 11.5. The number of amides is 1. The third-order valence-corrected chi connectivity index (χ3v) is 5.96. The zero-order valence-corrected chi connectivity index (χ0v) is 18.2. The molecule has 3 aromatic rings. The fourth-order valence-corrected chi connectivity index (χ4v) is 4.21. The van der Waals surface area contributed by atoms with Gasteiger partial charge in [-0.3, -0.25) is 10.1 Å². The van der Waals surface area contributed by atoms with E-state index in [1.165, 1.54) is 22.5 Å². The number of carbonyl (C=O) groups is 1. The van der Waals surface area contributed by atoms with Crippen molar-refractivity contribution in [2.45, 2.75) is 30.9 Å². The number of anilines is 1. The minimum Gasteiger partial charge on any atom is -0.490 e. The van der Waals surface area contributed by atoms with Crippen LogP contribution in [0.3, 0.4) is 0 Å². The summed E-state index contributed by atoms with van der Waals surface area (Å²) in [7, 11) is 0. The monoisotopic (exact) mass is 429 g/mol. The molecule has 0 atom stereocenters. The van der Waals surface area contributed by atoms with Gasteiger partial charge in [-0.25, -0.2) is 0 Å². The van der Waals surface area contributed by atoms with Gasteiger partial charge in [-0.1, -0.05) is 52.9 Å². The number of aromatic nitrogens is 2. The molecule has 1 amide bonds. The van der Waals surface area contributed by atoms with Crippen LogP contribution in [0.15, 0.2) is 46.8 Å². The fraction of sp³-hybridized carbons (Fsp3) is 0.286. The van der Waals surface area contributed by atoms with Crippen LogP contribution in [0.2, 0.25) is 0 Å². The molecular formula is C21H23N3O3S2. The highest BCUT2D eigenvalue weighted by molar-refractivity contribution is 8.00. The van der Waals surface area contributed by atoms with E-state index in [0.717, 1.165) is 10.1 Å². The summed E-state index contributed by atoms with van der Waals surface area (Å²) in [6, 6.07) is 13.5. The molecule has 3 rings (SSSR count). The molecule has 6 nitrogen and oxygen atoms in total. The lowest BCUT2D eigenvalue weighted by atomic mass is 10.2. The second-order valence-corrected chi connectivity index (χ2v) is 8.33. The van der Waals surface area contributed by atoms with Crippen molar-refractivity contribution in [3.63, 3.8) is 0 Å². The molecule has 0 bridgehead atoms. The highest BCUT2D eigenvalue weighted by Gasteiger charge is 2.14. The SMILES string of the molecule is CCOc1ccc(C(=O)Nc2nnc(SCc3ccc(C)cc3)s2)cc1OCC. The summed E-state index contributed by atoms with van der Waals surface area (Å²) in [6.45, 7) is 6.88. The molecule has 0 spiro atoms. The Morgan fingerprint density at radius 3 is 2.48 bits per heavy atom. The Kier molecular flexibility index (Phi) is 7.48. The van der Waals surface area contributed by atoms with Gasteiger partial charge in [0.05, 0.1) is 13.2 Å². The molecular weight excluding hydrogens is 406 g/mol. The second-order valence-electron chi connectivity index (χ2n) is 6.13. The van der Waals surface area contributed by atoms with Gasteiger partial charge in [0, 0.05) is 11.3 Å². The van der Waals surface area contributed by atoms with Crippen molar-refractivity contribution in [2.75, 3.05) is 18.5 Å². The largest absolute Gasteiger partial charge is 0.490 e. The summed E-state index contributed by atoms with van der Waals surface area (Å²) >= 11 is 2.95. The molecule has 0 saturated heterocycles. The van der Waals surface area contributed by atoms with Crippen molar-refractivity contribution in [1.82, 2.24) is 10.2 Å². The molecule has 0 radical (unpaired) electrons. The Hall–Kier alpha value is -2.58. The van der Waals surface area contributed by atoms with Crippen LogP contribution in [-0.4, -0.2) is 29.3 Å². The van der Waals surface area contributed by atoms with Crippen molar-refractivity contribution in [2.24, 2.45) is 0 Å². The van der Waals surface area contributed by atoms with Crippen molar-refractivity contribution < 1.29 is 14.3 Å². The summed E-state index contributed by atoms with van der Waals surface area (Å²) in [4.78, 5) is 12.6. The number of aryl methyl sites for hydroxylation is 1. The molecule has 0 aliphatic heterocycles. The molecule has 2 aromatic carbocycles. The first-order valence-corrected chi connectivity index (χ1v) is 11.1. The summed E-state index contributed by atoms with van der Waals surface area (Å²) < 4.78 is 11.9. The van der Waals surface area contributed by atoms with Gasteiger partial charge in [0.15, 0.2) is 15.8 Å². The number of hydrogen-bond acceptors (Lipinski definition) is 7. The van der Waals surface area contributed by atoms with Crippen LogP contribution >= 0.6 is 23.1 Å². The summed E-state index contributed by atoms with van der Waals surface area (Å²) in [5.74, 6) is 1.71. The van der Waals surface area contributed by atoms with Crippen molar-refractivity contribution >= 4 is 34.1 Å². The molecule has 0 fully saturated rings. The Balaban J connectivity index is 1.62. The quantitative estimate of drug-likeness (QED) is 0.373.